The first kappa shape index (κ1) is 24.5. The molecule has 0 aliphatic carbocycles. The van der Waals surface area contributed by atoms with Gasteiger partial charge in [0.15, 0.2) is 5.96 Å². The first-order chi connectivity index (χ1) is 12.6. The summed E-state index contributed by atoms with van der Waals surface area (Å²) in [6.07, 6.45) is 5.10. The SMILES string of the molecule is CCNC(=NCCCOCC1CCOCC1)N(C)Cc1cc(Cl)cn1C.I. The number of guanidine groups is 1. The van der Waals surface area contributed by atoms with Crippen LogP contribution in [0.25, 0.3) is 0 Å². The van der Waals surface area contributed by atoms with Gasteiger partial charge < -0.3 is 24.3 Å². The molecule has 2 rings (SSSR count). The van der Waals surface area contributed by atoms with Crippen LogP contribution in [-0.2, 0) is 23.1 Å². The minimum Gasteiger partial charge on any atom is -0.381 e. The molecule has 1 fully saturated rings. The molecule has 1 aromatic heterocycles. The molecule has 1 saturated heterocycles. The first-order valence-electron chi connectivity index (χ1n) is 9.55. The minimum atomic E-state index is 0. The van der Waals surface area contributed by atoms with Crippen molar-refractivity contribution < 1.29 is 9.47 Å². The Morgan fingerprint density at radius 3 is 2.81 bits per heavy atom. The number of halogens is 2. The predicted octanol–water partition coefficient (Wildman–Crippen LogP) is 3.53. The van der Waals surface area contributed by atoms with Crippen LogP contribution in [0.4, 0.5) is 0 Å². The molecule has 0 atom stereocenters. The van der Waals surface area contributed by atoms with E-state index in [0.717, 1.165) is 82.0 Å². The highest BCUT2D eigenvalue weighted by molar-refractivity contribution is 14.0. The third kappa shape index (κ3) is 9.02. The fourth-order valence-corrected chi connectivity index (χ4v) is 3.30. The minimum absolute atomic E-state index is 0. The van der Waals surface area contributed by atoms with E-state index in [0.29, 0.717) is 5.92 Å². The summed E-state index contributed by atoms with van der Waals surface area (Å²) in [7, 11) is 4.05. The lowest BCUT2D eigenvalue weighted by Crippen LogP contribution is -2.39. The number of nitrogens with one attached hydrogen (secondary N) is 1. The molecule has 0 unspecified atom stereocenters. The van der Waals surface area contributed by atoms with Crippen LogP contribution < -0.4 is 5.32 Å². The largest absolute Gasteiger partial charge is 0.381 e. The van der Waals surface area contributed by atoms with Crippen molar-refractivity contribution in [2.75, 3.05) is 46.6 Å². The lowest BCUT2D eigenvalue weighted by Gasteiger charge is -2.22. The number of aryl methyl sites for hydroxylation is 1. The molecule has 0 saturated carbocycles. The Kier molecular flexibility index (Phi) is 12.4. The second-order valence-electron chi connectivity index (χ2n) is 6.84. The van der Waals surface area contributed by atoms with Crippen molar-refractivity contribution >= 4 is 41.5 Å². The van der Waals surface area contributed by atoms with Crippen LogP contribution in [0.1, 0.15) is 31.9 Å². The number of rotatable bonds is 9. The maximum Gasteiger partial charge on any atom is 0.194 e. The van der Waals surface area contributed by atoms with Gasteiger partial charge in [-0.15, -0.1) is 24.0 Å². The molecule has 8 heteroatoms. The van der Waals surface area contributed by atoms with Crippen molar-refractivity contribution in [2.24, 2.45) is 18.0 Å². The van der Waals surface area contributed by atoms with Crippen molar-refractivity contribution in [3.05, 3.63) is 23.0 Å². The molecule has 0 spiro atoms. The number of ether oxygens (including phenoxy) is 2. The highest BCUT2D eigenvalue weighted by atomic mass is 127. The molecule has 0 aromatic carbocycles. The Morgan fingerprint density at radius 1 is 1.44 bits per heavy atom. The maximum atomic E-state index is 6.07. The topological polar surface area (TPSA) is 51.0 Å². The van der Waals surface area contributed by atoms with Gasteiger partial charge in [0.25, 0.3) is 0 Å². The van der Waals surface area contributed by atoms with Crippen LogP contribution in [0.3, 0.4) is 0 Å². The van der Waals surface area contributed by atoms with Gasteiger partial charge in [-0.25, -0.2) is 0 Å². The van der Waals surface area contributed by atoms with Gasteiger partial charge in [-0.3, -0.25) is 4.99 Å². The Labute approximate surface area is 185 Å². The Hall–Kier alpha value is -0.510. The summed E-state index contributed by atoms with van der Waals surface area (Å²) in [6.45, 7) is 7.81. The number of nitrogens with zero attached hydrogens (tertiary/aromatic N) is 3. The van der Waals surface area contributed by atoms with E-state index in [4.69, 9.17) is 26.1 Å². The van der Waals surface area contributed by atoms with Gasteiger partial charge in [0.1, 0.15) is 0 Å². The zero-order chi connectivity index (χ0) is 18.8. The van der Waals surface area contributed by atoms with Crippen LogP contribution >= 0.6 is 35.6 Å². The predicted molar refractivity (Wildman–Crippen MR) is 122 cm³/mol. The van der Waals surface area contributed by atoms with Crippen molar-refractivity contribution in [3.8, 4) is 0 Å². The fraction of sp³-hybridized carbons (Fsp3) is 0.737. The zero-order valence-electron chi connectivity index (χ0n) is 16.7. The summed E-state index contributed by atoms with van der Waals surface area (Å²) in [5.41, 5.74) is 1.16. The van der Waals surface area contributed by atoms with Gasteiger partial charge in [-0.05, 0) is 38.2 Å². The Bertz CT molecular complexity index is 562. The van der Waals surface area contributed by atoms with E-state index < -0.39 is 0 Å². The highest BCUT2D eigenvalue weighted by Crippen LogP contribution is 2.15. The van der Waals surface area contributed by atoms with E-state index in [9.17, 15) is 0 Å². The summed E-state index contributed by atoms with van der Waals surface area (Å²) >= 11 is 6.07. The summed E-state index contributed by atoms with van der Waals surface area (Å²) in [6, 6.07) is 1.99. The van der Waals surface area contributed by atoms with Gasteiger partial charge in [0.05, 0.1) is 11.6 Å². The number of hydrogen-bond donors (Lipinski definition) is 1. The molecule has 6 nitrogen and oxygen atoms in total. The highest BCUT2D eigenvalue weighted by Gasteiger charge is 2.13. The normalized spacial score (nSPS) is 15.5. The first-order valence-corrected chi connectivity index (χ1v) is 9.93. The summed E-state index contributed by atoms with van der Waals surface area (Å²) < 4.78 is 13.2. The summed E-state index contributed by atoms with van der Waals surface area (Å²) in [5, 5.41) is 4.11. The summed E-state index contributed by atoms with van der Waals surface area (Å²) in [5.74, 6) is 1.57. The van der Waals surface area contributed by atoms with Crippen LogP contribution in [0.5, 0.6) is 0 Å². The van der Waals surface area contributed by atoms with Gasteiger partial charge in [-0.2, -0.15) is 0 Å². The van der Waals surface area contributed by atoms with Crippen molar-refractivity contribution in [2.45, 2.75) is 32.7 Å². The van der Waals surface area contributed by atoms with Crippen molar-refractivity contribution in [1.82, 2.24) is 14.8 Å². The number of hydrogen-bond acceptors (Lipinski definition) is 3. The number of aliphatic imine (C=N–C) groups is 1. The van der Waals surface area contributed by atoms with E-state index in [1.54, 1.807) is 0 Å². The van der Waals surface area contributed by atoms with Gasteiger partial charge in [0.2, 0.25) is 0 Å². The van der Waals surface area contributed by atoms with Crippen LogP contribution in [0.2, 0.25) is 5.02 Å². The molecule has 0 bridgehead atoms. The molecule has 27 heavy (non-hydrogen) atoms. The molecule has 1 N–H and O–H groups in total. The van der Waals surface area contributed by atoms with Gasteiger partial charge in [-0.1, -0.05) is 11.6 Å². The molecular formula is C19H34ClIN4O2. The van der Waals surface area contributed by atoms with E-state index >= 15 is 0 Å². The van der Waals surface area contributed by atoms with Crippen molar-refractivity contribution in [1.29, 1.82) is 0 Å². The van der Waals surface area contributed by atoms with E-state index in [1.165, 1.54) is 0 Å². The van der Waals surface area contributed by atoms with Gasteiger partial charge in [0, 0.05) is 65.5 Å². The third-order valence-corrected chi connectivity index (χ3v) is 4.78. The molecule has 156 valence electrons. The lowest BCUT2D eigenvalue weighted by molar-refractivity contribution is 0.0205. The zero-order valence-corrected chi connectivity index (χ0v) is 19.8. The molecule has 1 aromatic rings. The van der Waals surface area contributed by atoms with Crippen LogP contribution in [0, 0.1) is 5.92 Å². The standard InChI is InChI=1S/C19H33ClN4O2.HI/c1-4-21-19(24(3)14-18-12-17(20)13-23(18)2)22-8-5-9-26-15-16-6-10-25-11-7-16;/h12-13,16H,4-11,14-15H2,1-3H3,(H,21,22);1H. The molecule has 1 aliphatic rings. The average molecular weight is 513 g/mol. The van der Waals surface area contributed by atoms with Gasteiger partial charge >= 0.3 is 0 Å². The molecule has 1 aliphatic heterocycles. The Morgan fingerprint density at radius 2 is 2.19 bits per heavy atom. The van der Waals surface area contributed by atoms with E-state index in [2.05, 4.69) is 17.1 Å². The average Bonchev–Trinajstić information content (AvgIpc) is 2.94. The second kappa shape index (κ2) is 13.6. The van der Waals surface area contributed by atoms with E-state index in [-0.39, 0.29) is 24.0 Å². The smallest absolute Gasteiger partial charge is 0.194 e. The number of aromatic nitrogens is 1. The van der Waals surface area contributed by atoms with Crippen LogP contribution in [-0.4, -0.2) is 62.0 Å². The molecule has 0 radical (unpaired) electrons. The van der Waals surface area contributed by atoms with Crippen molar-refractivity contribution in [3.63, 3.8) is 0 Å². The Balaban J connectivity index is 0.00000364. The maximum absolute atomic E-state index is 6.07. The fourth-order valence-electron chi connectivity index (χ4n) is 3.03. The second-order valence-corrected chi connectivity index (χ2v) is 7.27. The molecular weight excluding hydrogens is 479 g/mol. The molecule has 0 amide bonds. The quantitative estimate of drug-likeness (QED) is 0.238. The van der Waals surface area contributed by atoms with E-state index in [1.807, 2.05) is 30.9 Å². The monoisotopic (exact) mass is 512 g/mol. The third-order valence-electron chi connectivity index (χ3n) is 4.57. The lowest BCUT2D eigenvalue weighted by atomic mass is 10.0. The molecule has 2 heterocycles. The van der Waals surface area contributed by atoms with Crippen LogP contribution in [0.15, 0.2) is 17.3 Å². The summed E-state index contributed by atoms with van der Waals surface area (Å²) in [4.78, 5) is 6.84.